The van der Waals surface area contributed by atoms with Crippen molar-refractivity contribution in [1.82, 2.24) is 0 Å². The zero-order valence-electron chi connectivity index (χ0n) is 6.86. The molecular formula is C6H12O3Si3. The third-order valence-electron chi connectivity index (χ3n) is 1.95. The standard InChI is InChI=1S/C6H12O3Si3/c1-2-6(7-3-1)9-12-5-4-8-10-11-12/h1-3,12H,4-5,10-11H2. The van der Waals surface area contributed by atoms with Crippen molar-refractivity contribution in [3.8, 4) is 5.95 Å². The minimum atomic E-state index is -0.837. The van der Waals surface area contributed by atoms with E-state index in [1.807, 2.05) is 12.1 Å². The Hall–Kier alpha value is -0.309. The minimum absolute atomic E-state index is 0.0735. The Kier molecular flexibility index (Phi) is 2.82. The second-order valence-corrected chi connectivity index (χ2v) is 17.2. The van der Waals surface area contributed by atoms with Gasteiger partial charge in [0.15, 0.2) is 0 Å². The van der Waals surface area contributed by atoms with Crippen LogP contribution in [0.2, 0.25) is 6.04 Å². The van der Waals surface area contributed by atoms with Gasteiger partial charge in [-0.05, 0) is 12.1 Å². The second kappa shape index (κ2) is 4.08. The van der Waals surface area contributed by atoms with Gasteiger partial charge >= 0.3 is 0 Å². The summed E-state index contributed by atoms with van der Waals surface area (Å²) in [5.74, 6) is 0.732. The molecule has 6 heteroatoms. The van der Waals surface area contributed by atoms with Crippen LogP contribution in [0.15, 0.2) is 22.8 Å². The van der Waals surface area contributed by atoms with E-state index in [1.165, 1.54) is 6.04 Å². The van der Waals surface area contributed by atoms with Crippen LogP contribution in [-0.4, -0.2) is 33.0 Å². The van der Waals surface area contributed by atoms with Gasteiger partial charge in [0, 0.05) is 12.7 Å². The Labute approximate surface area is 77.1 Å². The Balaban J connectivity index is 1.86. The molecule has 1 aromatic rings. The fourth-order valence-electron chi connectivity index (χ4n) is 1.29. The van der Waals surface area contributed by atoms with Gasteiger partial charge in [-0.2, -0.15) is 0 Å². The molecule has 1 fully saturated rings. The average Bonchev–Trinajstić information content (AvgIpc) is 2.59. The summed E-state index contributed by atoms with van der Waals surface area (Å²) >= 11 is 0. The van der Waals surface area contributed by atoms with Gasteiger partial charge in [0.25, 0.3) is 5.95 Å². The Morgan fingerprint density at radius 2 is 2.58 bits per heavy atom. The molecule has 0 saturated carbocycles. The first-order chi connectivity index (χ1) is 5.95. The predicted molar refractivity (Wildman–Crippen MR) is 54.3 cm³/mol. The van der Waals surface area contributed by atoms with Gasteiger partial charge in [-0.15, -0.1) is 0 Å². The van der Waals surface area contributed by atoms with Crippen molar-refractivity contribution in [1.29, 1.82) is 0 Å². The normalized spacial score (nSPS) is 27.8. The number of hydrogen-bond donors (Lipinski definition) is 0. The van der Waals surface area contributed by atoms with Crippen LogP contribution in [-0.2, 0) is 4.43 Å². The molecule has 3 nitrogen and oxygen atoms in total. The molecule has 12 heavy (non-hydrogen) atoms. The molecule has 1 saturated heterocycles. The predicted octanol–water partition coefficient (Wildman–Crippen LogP) is -0.923. The highest BCUT2D eigenvalue weighted by Gasteiger charge is 2.19. The van der Waals surface area contributed by atoms with Crippen molar-refractivity contribution in [2.24, 2.45) is 0 Å². The summed E-state index contributed by atoms with van der Waals surface area (Å²) in [5, 5.41) is 0. The zero-order valence-corrected chi connectivity index (χ0v) is 10.8. The molecule has 1 aliphatic rings. The van der Waals surface area contributed by atoms with E-state index >= 15 is 0 Å². The monoisotopic (exact) mass is 216 g/mol. The highest BCUT2D eigenvalue weighted by atomic mass is 29.6. The highest BCUT2D eigenvalue weighted by Crippen LogP contribution is 2.12. The van der Waals surface area contributed by atoms with Gasteiger partial charge in [0.2, 0.25) is 8.56 Å². The van der Waals surface area contributed by atoms with Crippen molar-refractivity contribution in [3.05, 3.63) is 18.4 Å². The molecule has 1 atom stereocenters. The van der Waals surface area contributed by atoms with Gasteiger partial charge in [-0.25, -0.2) is 0 Å². The summed E-state index contributed by atoms with van der Waals surface area (Å²) in [6, 6.07) is 4.97. The van der Waals surface area contributed by atoms with Crippen molar-refractivity contribution in [3.63, 3.8) is 0 Å². The molecule has 0 N–H and O–H groups in total. The largest absolute Gasteiger partial charge is 0.525 e. The smallest absolute Gasteiger partial charge is 0.269 e. The lowest BCUT2D eigenvalue weighted by Gasteiger charge is -2.19. The van der Waals surface area contributed by atoms with Gasteiger partial charge < -0.3 is 13.3 Å². The molecule has 66 valence electrons. The SMILES string of the molecule is c1coc(O[SiH]2CCO[SiH2][SiH2]2)c1. The van der Waals surface area contributed by atoms with E-state index in [9.17, 15) is 0 Å². The fraction of sp³-hybridized carbons (Fsp3) is 0.333. The van der Waals surface area contributed by atoms with E-state index in [0.29, 0.717) is 0 Å². The summed E-state index contributed by atoms with van der Waals surface area (Å²) in [6.45, 7) is 0.955. The van der Waals surface area contributed by atoms with E-state index in [2.05, 4.69) is 0 Å². The van der Waals surface area contributed by atoms with Crippen molar-refractivity contribution in [2.75, 3.05) is 6.61 Å². The average molecular weight is 216 g/mol. The third-order valence-corrected chi connectivity index (χ3v) is 18.0. The lowest BCUT2D eigenvalue weighted by Crippen LogP contribution is -2.40. The zero-order chi connectivity index (χ0) is 8.23. The van der Waals surface area contributed by atoms with Gasteiger partial charge in [0.05, 0.1) is 14.8 Å². The number of hydrogen-bond acceptors (Lipinski definition) is 3. The quantitative estimate of drug-likeness (QED) is 0.599. The van der Waals surface area contributed by atoms with Crippen molar-refractivity contribution in [2.45, 2.75) is 6.04 Å². The van der Waals surface area contributed by atoms with Crippen LogP contribution in [0.3, 0.4) is 0 Å². The number of furan rings is 1. The first-order valence-corrected chi connectivity index (χ1v) is 13.4. The molecule has 0 aliphatic carbocycles. The summed E-state index contributed by atoms with van der Waals surface area (Å²) in [6.07, 6.45) is 1.67. The first-order valence-electron chi connectivity index (χ1n) is 4.23. The van der Waals surface area contributed by atoms with E-state index in [1.54, 1.807) is 6.26 Å². The van der Waals surface area contributed by atoms with Crippen LogP contribution in [0.25, 0.3) is 0 Å². The molecule has 2 rings (SSSR count). The summed E-state index contributed by atoms with van der Waals surface area (Å²) in [4.78, 5) is 0. The maximum absolute atomic E-state index is 5.78. The van der Waals surface area contributed by atoms with Crippen LogP contribution < -0.4 is 4.43 Å². The molecular weight excluding hydrogens is 204 g/mol. The maximum atomic E-state index is 5.78. The molecule has 0 amide bonds. The van der Waals surface area contributed by atoms with Crippen LogP contribution in [0.4, 0.5) is 0 Å². The topological polar surface area (TPSA) is 31.6 Å². The minimum Gasteiger partial charge on any atom is -0.525 e. The molecule has 0 spiro atoms. The summed E-state index contributed by atoms with van der Waals surface area (Å²) in [5.41, 5.74) is 0. The first kappa shape index (κ1) is 8.30. The van der Waals surface area contributed by atoms with Crippen LogP contribution in [0.5, 0.6) is 5.95 Å². The van der Waals surface area contributed by atoms with Crippen molar-refractivity contribution < 1.29 is 13.3 Å². The second-order valence-electron chi connectivity index (χ2n) is 2.86. The van der Waals surface area contributed by atoms with Crippen LogP contribution in [0.1, 0.15) is 0 Å². The van der Waals surface area contributed by atoms with Gasteiger partial charge in [-0.1, -0.05) is 0 Å². The van der Waals surface area contributed by atoms with Gasteiger partial charge in [-0.3, -0.25) is 0 Å². The third kappa shape index (κ3) is 2.10. The Morgan fingerprint density at radius 3 is 3.25 bits per heavy atom. The maximum Gasteiger partial charge on any atom is 0.269 e. The summed E-state index contributed by atoms with van der Waals surface area (Å²) in [7, 11) is -0.868. The molecule has 2 heterocycles. The van der Waals surface area contributed by atoms with Crippen molar-refractivity contribution >= 4 is 26.4 Å². The molecule has 1 unspecified atom stereocenters. The fourth-order valence-corrected chi connectivity index (χ4v) is 15.5. The van der Waals surface area contributed by atoms with Crippen LogP contribution in [0, 0.1) is 0 Å². The van der Waals surface area contributed by atoms with Crippen LogP contribution >= 0.6 is 0 Å². The Bertz CT molecular complexity index is 220. The molecule has 1 aliphatic heterocycles. The molecule has 1 aromatic heterocycles. The summed E-state index contributed by atoms with van der Waals surface area (Å²) < 4.78 is 16.4. The lowest BCUT2D eigenvalue weighted by atomic mass is 10.7. The molecule has 0 bridgehead atoms. The van der Waals surface area contributed by atoms with E-state index < -0.39 is 8.56 Å². The van der Waals surface area contributed by atoms with E-state index in [0.717, 1.165) is 12.6 Å². The molecule has 0 radical (unpaired) electrons. The van der Waals surface area contributed by atoms with E-state index in [4.69, 9.17) is 13.3 Å². The number of rotatable bonds is 2. The van der Waals surface area contributed by atoms with Gasteiger partial charge in [0.1, 0.15) is 9.28 Å². The van der Waals surface area contributed by atoms with E-state index in [-0.39, 0.29) is 17.8 Å². The molecule has 0 aromatic carbocycles. The highest BCUT2D eigenvalue weighted by molar-refractivity contribution is 7.33. The Morgan fingerprint density at radius 1 is 1.58 bits per heavy atom. The lowest BCUT2D eigenvalue weighted by molar-refractivity contribution is 0.350.